The third-order valence-corrected chi connectivity index (χ3v) is 2.53. The lowest BCUT2D eigenvalue weighted by Crippen LogP contribution is -2.45. The van der Waals surface area contributed by atoms with Crippen molar-refractivity contribution < 1.29 is 67.4 Å². The largest absolute Gasteiger partial charge is 0.440 e. The third kappa shape index (κ3) is 7.04. The van der Waals surface area contributed by atoms with Crippen molar-refractivity contribution in [3.8, 4) is 5.75 Å². The first-order chi connectivity index (χ1) is 13.5. The Hall–Kier alpha value is -3.13. The highest BCUT2D eigenvalue weighted by molar-refractivity contribution is 5.83. The summed E-state index contributed by atoms with van der Waals surface area (Å²) in [6.07, 6.45) is -14.8. The number of ether oxygens (including phenoxy) is 2. The van der Waals surface area contributed by atoms with Crippen molar-refractivity contribution in [3.63, 3.8) is 0 Å². The highest BCUT2D eigenvalue weighted by Gasteiger charge is 2.59. The lowest BCUT2D eigenvalue weighted by Gasteiger charge is -2.21. The summed E-state index contributed by atoms with van der Waals surface area (Å²) in [5.74, 6) is -15.9. The number of alkyl halides is 6. The molecule has 1 aromatic carbocycles. The van der Waals surface area contributed by atoms with Crippen molar-refractivity contribution in [3.05, 3.63) is 54.4 Å². The molecule has 0 fully saturated rings. The average Bonchev–Trinajstić information content (AvgIpc) is 2.64. The van der Waals surface area contributed by atoms with Gasteiger partial charge in [0, 0.05) is 12.2 Å². The van der Waals surface area contributed by atoms with Crippen molar-refractivity contribution in [2.75, 3.05) is 0 Å². The molecule has 30 heavy (non-hydrogen) atoms. The quantitative estimate of drug-likeness (QED) is 0.164. The summed E-state index contributed by atoms with van der Waals surface area (Å²) in [4.78, 5) is 20.8. The van der Waals surface area contributed by atoms with Crippen LogP contribution in [0.4, 0.5) is 48.3 Å². The molecule has 0 atom stereocenters. The van der Waals surface area contributed by atoms with Crippen LogP contribution < -0.4 is 4.74 Å². The van der Waals surface area contributed by atoms with Gasteiger partial charge in [0.2, 0.25) is 34.8 Å². The Bertz CT molecular complexity index is 784. The second kappa shape index (κ2) is 10.1. The predicted molar refractivity (Wildman–Crippen MR) is 74.3 cm³/mol. The smallest absolute Gasteiger partial charge is 0.434 e. The van der Waals surface area contributed by atoms with Crippen LogP contribution in [0.2, 0.25) is 0 Å². The molecular formula is C15H7F11O4. The zero-order chi connectivity index (χ0) is 24.0. The van der Waals surface area contributed by atoms with Gasteiger partial charge in [0.05, 0.1) is 0 Å². The zero-order valence-corrected chi connectivity index (χ0v) is 13.9. The first-order valence-corrected chi connectivity index (χ1v) is 6.81. The van der Waals surface area contributed by atoms with Crippen LogP contribution in [0.5, 0.6) is 5.75 Å². The molecule has 0 bridgehead atoms. The van der Waals surface area contributed by atoms with Gasteiger partial charge in [-0.05, 0) is 0 Å². The summed E-state index contributed by atoms with van der Waals surface area (Å²) < 4.78 is 141. The lowest BCUT2D eigenvalue weighted by atomic mass is 10.2. The Morgan fingerprint density at radius 1 is 0.700 bits per heavy atom. The van der Waals surface area contributed by atoms with Gasteiger partial charge in [-0.15, -0.1) is 0 Å². The van der Waals surface area contributed by atoms with E-state index in [1.165, 1.54) is 0 Å². The standard InChI is InChI=1S/C9H3F5O2.C6H4F6O2/c1-2-3(15)16-9-7(13)5(11)4(10)6(12)8(9)14;1-2-3(13)14-4(5(7,8)9)6(10,11)12/h2H,1H2;2,4H,1H2. The number of rotatable bonds is 4. The number of benzene rings is 1. The fourth-order valence-corrected chi connectivity index (χ4v) is 1.30. The minimum absolute atomic E-state index is 0.213. The van der Waals surface area contributed by atoms with E-state index in [0.29, 0.717) is 6.08 Å². The number of carbonyl (C=O) groups excluding carboxylic acids is 2. The molecule has 15 heteroatoms. The van der Waals surface area contributed by atoms with Gasteiger partial charge in [0.25, 0.3) is 6.10 Å². The Morgan fingerprint density at radius 3 is 1.33 bits per heavy atom. The van der Waals surface area contributed by atoms with Crippen molar-refractivity contribution in [2.45, 2.75) is 18.5 Å². The molecule has 4 nitrogen and oxygen atoms in total. The molecule has 0 aliphatic carbocycles. The van der Waals surface area contributed by atoms with Gasteiger partial charge < -0.3 is 9.47 Å². The molecule has 0 radical (unpaired) electrons. The van der Waals surface area contributed by atoms with E-state index in [0.717, 1.165) is 0 Å². The maximum absolute atomic E-state index is 12.9. The van der Waals surface area contributed by atoms with Gasteiger partial charge in [-0.3, -0.25) is 0 Å². The minimum Gasteiger partial charge on any atom is -0.440 e. The van der Waals surface area contributed by atoms with Crippen molar-refractivity contribution in [1.29, 1.82) is 0 Å². The molecule has 0 spiro atoms. The normalized spacial score (nSPS) is 11.3. The average molecular weight is 460 g/mol. The molecule has 0 saturated carbocycles. The van der Waals surface area contributed by atoms with Crippen molar-refractivity contribution in [1.82, 2.24) is 0 Å². The van der Waals surface area contributed by atoms with E-state index in [9.17, 15) is 57.9 Å². The number of carbonyl (C=O) groups is 2. The van der Waals surface area contributed by atoms with E-state index in [4.69, 9.17) is 0 Å². The number of esters is 2. The van der Waals surface area contributed by atoms with Crippen LogP contribution in [0.1, 0.15) is 0 Å². The summed E-state index contributed by atoms with van der Waals surface area (Å²) in [6, 6.07) is 0. The monoisotopic (exact) mass is 460 g/mol. The van der Waals surface area contributed by atoms with E-state index in [-0.39, 0.29) is 6.08 Å². The maximum Gasteiger partial charge on any atom is 0.434 e. The van der Waals surface area contributed by atoms with Crippen molar-refractivity contribution >= 4 is 11.9 Å². The fourth-order valence-electron chi connectivity index (χ4n) is 1.30. The van der Waals surface area contributed by atoms with Gasteiger partial charge in [-0.25, -0.2) is 22.8 Å². The molecule has 1 aromatic rings. The van der Waals surface area contributed by atoms with Crippen LogP contribution in [0.15, 0.2) is 25.3 Å². The molecule has 0 N–H and O–H groups in total. The van der Waals surface area contributed by atoms with Gasteiger partial charge in [0.15, 0.2) is 0 Å². The fraction of sp³-hybridized carbons (Fsp3) is 0.200. The van der Waals surface area contributed by atoms with Gasteiger partial charge in [-0.1, -0.05) is 13.2 Å². The lowest BCUT2D eigenvalue weighted by molar-refractivity contribution is -0.312. The second-order valence-corrected chi connectivity index (χ2v) is 4.63. The van der Waals surface area contributed by atoms with Gasteiger partial charge in [0.1, 0.15) is 0 Å². The van der Waals surface area contributed by atoms with E-state index in [1.54, 1.807) is 0 Å². The summed E-state index contributed by atoms with van der Waals surface area (Å²) in [5, 5.41) is 0. The Morgan fingerprint density at radius 2 is 1.03 bits per heavy atom. The summed E-state index contributed by atoms with van der Waals surface area (Å²) in [6.45, 7) is 5.57. The van der Waals surface area contributed by atoms with Crippen LogP contribution in [-0.2, 0) is 14.3 Å². The summed E-state index contributed by atoms with van der Waals surface area (Å²) in [7, 11) is 0. The molecule has 0 aromatic heterocycles. The van der Waals surface area contributed by atoms with Crippen LogP contribution in [-0.4, -0.2) is 30.4 Å². The Labute approximate surface area is 159 Å². The van der Waals surface area contributed by atoms with E-state index in [2.05, 4.69) is 22.6 Å². The molecule has 0 unspecified atom stereocenters. The molecule has 0 amide bonds. The molecule has 0 saturated heterocycles. The van der Waals surface area contributed by atoms with Crippen molar-refractivity contribution in [2.24, 2.45) is 0 Å². The summed E-state index contributed by atoms with van der Waals surface area (Å²) >= 11 is 0. The van der Waals surface area contributed by atoms with Crippen LogP contribution in [0.25, 0.3) is 0 Å². The van der Waals surface area contributed by atoms with Crippen LogP contribution >= 0.6 is 0 Å². The summed E-state index contributed by atoms with van der Waals surface area (Å²) in [5.41, 5.74) is 0. The zero-order valence-electron chi connectivity index (χ0n) is 13.9. The van der Waals surface area contributed by atoms with Gasteiger partial charge in [-0.2, -0.15) is 35.1 Å². The first-order valence-electron chi connectivity index (χ1n) is 6.81. The number of hydrogen-bond acceptors (Lipinski definition) is 4. The topological polar surface area (TPSA) is 52.6 Å². The van der Waals surface area contributed by atoms with Gasteiger partial charge >= 0.3 is 24.3 Å². The highest BCUT2D eigenvalue weighted by atomic mass is 19.4. The highest BCUT2D eigenvalue weighted by Crippen LogP contribution is 2.35. The predicted octanol–water partition coefficient (Wildman–Crippen LogP) is 4.68. The molecule has 0 heterocycles. The van der Waals surface area contributed by atoms with E-state index >= 15 is 0 Å². The second-order valence-electron chi connectivity index (χ2n) is 4.63. The number of hydrogen-bond donors (Lipinski definition) is 0. The molecular weight excluding hydrogens is 453 g/mol. The van der Waals surface area contributed by atoms with E-state index in [1.807, 2.05) is 0 Å². The van der Waals surface area contributed by atoms with Crippen LogP contribution in [0, 0.1) is 29.1 Å². The van der Waals surface area contributed by atoms with E-state index < -0.39 is 65.2 Å². The molecule has 1 rings (SSSR count). The first kappa shape index (κ1) is 26.9. The SMILES string of the molecule is C=CC(=O)OC(C(F)(F)F)C(F)(F)F.C=CC(=O)Oc1c(F)c(F)c(F)c(F)c1F. The van der Waals surface area contributed by atoms with Crippen LogP contribution in [0.3, 0.4) is 0 Å². The molecule has 0 aliphatic heterocycles. The Kier molecular flexibility index (Phi) is 9.02. The third-order valence-electron chi connectivity index (χ3n) is 2.53. The molecule has 0 aliphatic rings. The maximum atomic E-state index is 12.9. The number of halogens is 11. The minimum atomic E-state index is -5.68. The Balaban J connectivity index is 0.000000567. The molecule has 168 valence electrons.